The van der Waals surface area contributed by atoms with Crippen molar-refractivity contribution in [3.8, 4) is 0 Å². The maximum absolute atomic E-state index is 11.0. The summed E-state index contributed by atoms with van der Waals surface area (Å²) in [6.07, 6.45) is 1.07. The van der Waals surface area contributed by atoms with Gasteiger partial charge in [0.05, 0.1) is 18.1 Å². The number of methoxy groups -OCH3 is 1. The molecule has 1 heterocycles. The lowest BCUT2D eigenvalue weighted by molar-refractivity contribution is -0.140. The van der Waals surface area contributed by atoms with Crippen molar-refractivity contribution in [3.63, 3.8) is 0 Å². The van der Waals surface area contributed by atoms with Crippen molar-refractivity contribution >= 4 is 29.2 Å². The smallest absolute Gasteiger partial charge is 0.305 e. The second-order valence-corrected chi connectivity index (χ2v) is 3.94. The second-order valence-electron chi connectivity index (χ2n) is 3.54. The molecule has 0 amide bonds. The molecule has 5 heteroatoms. The van der Waals surface area contributed by atoms with Crippen molar-refractivity contribution in [1.29, 1.82) is 0 Å². The Morgan fingerprint density at radius 2 is 2.12 bits per heavy atom. The number of esters is 1. The lowest BCUT2D eigenvalue weighted by Crippen LogP contribution is -2.01. The highest BCUT2D eigenvalue weighted by Crippen LogP contribution is 2.13. The number of aryl methyl sites for hydroxylation is 1. The van der Waals surface area contributed by atoms with Gasteiger partial charge < -0.3 is 14.7 Å². The lowest BCUT2D eigenvalue weighted by Gasteiger charge is -2.00. The monoisotopic (exact) mass is 236 g/mol. The Balaban J connectivity index is 2.19. The number of nitrogens with one attached hydrogen (secondary N) is 2. The topological polar surface area (TPSA) is 57.9 Å². The number of hydrogen-bond donors (Lipinski definition) is 2. The van der Waals surface area contributed by atoms with E-state index in [1.165, 1.54) is 7.11 Å². The summed E-state index contributed by atoms with van der Waals surface area (Å²) in [5.41, 5.74) is 3.03. The number of benzene rings is 1. The maximum atomic E-state index is 11.0. The summed E-state index contributed by atoms with van der Waals surface area (Å²) in [6.45, 7) is 0. The van der Waals surface area contributed by atoms with Crippen LogP contribution in [0.5, 0.6) is 0 Å². The van der Waals surface area contributed by atoms with Crippen molar-refractivity contribution in [2.75, 3.05) is 7.11 Å². The summed E-state index contributed by atoms with van der Waals surface area (Å²) < 4.78 is 5.21. The Hall–Kier alpha value is -1.62. The summed E-state index contributed by atoms with van der Waals surface area (Å²) in [6, 6.07) is 5.92. The number of fused-ring (bicyclic) bond motifs is 1. The first-order chi connectivity index (χ1) is 7.69. The molecule has 0 unspecified atom stereocenters. The van der Waals surface area contributed by atoms with E-state index in [1.807, 2.05) is 18.2 Å². The highest BCUT2D eigenvalue weighted by Gasteiger charge is 2.03. The summed E-state index contributed by atoms with van der Waals surface area (Å²) in [4.78, 5) is 17.1. The van der Waals surface area contributed by atoms with E-state index in [9.17, 15) is 4.79 Å². The summed E-state index contributed by atoms with van der Waals surface area (Å²) in [5, 5.41) is 0. The SMILES string of the molecule is COC(=O)CCc1ccc2[nH]c(=S)[nH]c2c1. The zero-order valence-corrected chi connectivity index (χ0v) is 9.69. The fraction of sp³-hybridized carbons (Fsp3) is 0.273. The van der Waals surface area contributed by atoms with Crippen molar-refractivity contribution in [2.24, 2.45) is 0 Å². The van der Waals surface area contributed by atoms with Gasteiger partial charge in [-0.05, 0) is 36.3 Å². The molecule has 84 valence electrons. The Morgan fingerprint density at radius 3 is 2.88 bits per heavy atom. The fourth-order valence-electron chi connectivity index (χ4n) is 1.58. The van der Waals surface area contributed by atoms with Crippen molar-refractivity contribution < 1.29 is 9.53 Å². The van der Waals surface area contributed by atoms with Crippen LogP contribution in [0.25, 0.3) is 11.0 Å². The number of imidazole rings is 1. The minimum atomic E-state index is -0.192. The van der Waals surface area contributed by atoms with Gasteiger partial charge in [0.25, 0.3) is 0 Å². The predicted molar refractivity (Wildman–Crippen MR) is 63.8 cm³/mol. The van der Waals surface area contributed by atoms with E-state index in [-0.39, 0.29) is 5.97 Å². The summed E-state index contributed by atoms with van der Waals surface area (Å²) >= 11 is 5.00. The molecule has 0 radical (unpaired) electrons. The van der Waals surface area contributed by atoms with Gasteiger partial charge in [0, 0.05) is 6.42 Å². The Labute approximate surface area is 97.6 Å². The van der Waals surface area contributed by atoms with Gasteiger partial charge in [-0.3, -0.25) is 4.79 Å². The van der Waals surface area contributed by atoms with Gasteiger partial charge >= 0.3 is 5.97 Å². The molecule has 0 atom stereocenters. The first kappa shape index (κ1) is 10.9. The van der Waals surface area contributed by atoms with Crippen LogP contribution in [-0.2, 0) is 16.0 Å². The Morgan fingerprint density at radius 1 is 1.38 bits per heavy atom. The molecular weight excluding hydrogens is 224 g/mol. The van der Waals surface area contributed by atoms with E-state index in [2.05, 4.69) is 14.7 Å². The number of ether oxygens (including phenoxy) is 1. The zero-order valence-electron chi connectivity index (χ0n) is 8.87. The largest absolute Gasteiger partial charge is 0.469 e. The molecule has 4 nitrogen and oxygen atoms in total. The molecule has 0 aliphatic heterocycles. The predicted octanol–water partition coefficient (Wildman–Crippen LogP) is 2.33. The Bertz CT molecular complexity index is 571. The molecule has 0 saturated heterocycles. The molecule has 2 N–H and O–H groups in total. The highest BCUT2D eigenvalue weighted by atomic mass is 32.1. The normalized spacial score (nSPS) is 10.6. The van der Waals surface area contributed by atoms with Crippen LogP contribution in [0.15, 0.2) is 18.2 Å². The third-order valence-electron chi connectivity index (χ3n) is 2.43. The quantitative estimate of drug-likeness (QED) is 0.635. The minimum Gasteiger partial charge on any atom is -0.469 e. The molecule has 16 heavy (non-hydrogen) atoms. The van der Waals surface area contributed by atoms with Gasteiger partial charge in [0.15, 0.2) is 4.77 Å². The number of carbonyl (C=O) groups excluding carboxylic acids is 1. The number of H-pyrrole nitrogens is 2. The molecular formula is C11H12N2O2S. The van der Waals surface area contributed by atoms with Crippen LogP contribution in [0.4, 0.5) is 0 Å². The first-order valence-corrected chi connectivity index (χ1v) is 5.37. The van der Waals surface area contributed by atoms with Crippen LogP contribution in [0.3, 0.4) is 0 Å². The molecule has 2 rings (SSSR count). The van der Waals surface area contributed by atoms with E-state index in [1.54, 1.807) is 0 Å². The van der Waals surface area contributed by atoms with E-state index < -0.39 is 0 Å². The number of hydrogen-bond acceptors (Lipinski definition) is 3. The van der Waals surface area contributed by atoms with Crippen molar-refractivity contribution in [3.05, 3.63) is 28.5 Å². The second kappa shape index (κ2) is 4.49. The van der Waals surface area contributed by atoms with Crippen molar-refractivity contribution in [2.45, 2.75) is 12.8 Å². The number of rotatable bonds is 3. The van der Waals surface area contributed by atoms with Crippen LogP contribution in [-0.4, -0.2) is 23.0 Å². The molecule has 0 aliphatic rings. The van der Waals surface area contributed by atoms with Gasteiger partial charge in [-0.15, -0.1) is 0 Å². The molecule has 0 bridgehead atoms. The van der Waals surface area contributed by atoms with Gasteiger partial charge in [-0.25, -0.2) is 0 Å². The molecule has 0 spiro atoms. The van der Waals surface area contributed by atoms with Gasteiger partial charge in [-0.2, -0.15) is 0 Å². The minimum absolute atomic E-state index is 0.192. The maximum Gasteiger partial charge on any atom is 0.305 e. The molecule has 0 saturated carbocycles. The van der Waals surface area contributed by atoms with E-state index >= 15 is 0 Å². The molecule has 1 aromatic carbocycles. The average molecular weight is 236 g/mol. The number of carbonyl (C=O) groups is 1. The van der Waals surface area contributed by atoms with Crippen LogP contribution in [0.1, 0.15) is 12.0 Å². The third-order valence-corrected chi connectivity index (χ3v) is 2.63. The summed E-state index contributed by atoms with van der Waals surface area (Å²) in [7, 11) is 1.40. The van der Waals surface area contributed by atoms with E-state index in [0.717, 1.165) is 16.6 Å². The Kier molecular flexibility index (Phi) is 3.05. The third kappa shape index (κ3) is 2.30. The highest BCUT2D eigenvalue weighted by molar-refractivity contribution is 7.71. The molecule has 0 aliphatic carbocycles. The number of aromatic nitrogens is 2. The fourth-order valence-corrected chi connectivity index (χ4v) is 1.80. The van der Waals surface area contributed by atoms with Crippen LogP contribution < -0.4 is 0 Å². The van der Waals surface area contributed by atoms with E-state index in [4.69, 9.17) is 12.2 Å². The van der Waals surface area contributed by atoms with Crippen LogP contribution in [0.2, 0.25) is 0 Å². The molecule has 1 aromatic heterocycles. The lowest BCUT2D eigenvalue weighted by atomic mass is 10.1. The van der Waals surface area contributed by atoms with E-state index in [0.29, 0.717) is 17.6 Å². The van der Waals surface area contributed by atoms with Crippen LogP contribution >= 0.6 is 12.2 Å². The zero-order chi connectivity index (χ0) is 11.5. The van der Waals surface area contributed by atoms with Gasteiger partial charge in [0.2, 0.25) is 0 Å². The standard InChI is InChI=1S/C11H12N2O2S/c1-15-10(14)5-3-7-2-4-8-9(6-7)13-11(16)12-8/h2,4,6H,3,5H2,1H3,(H2,12,13,16). The average Bonchev–Trinajstić information content (AvgIpc) is 2.65. The number of aromatic amines is 2. The van der Waals surface area contributed by atoms with Crippen LogP contribution in [0, 0.1) is 4.77 Å². The summed E-state index contributed by atoms with van der Waals surface area (Å²) in [5.74, 6) is -0.192. The van der Waals surface area contributed by atoms with Gasteiger partial charge in [-0.1, -0.05) is 6.07 Å². The first-order valence-electron chi connectivity index (χ1n) is 4.97. The van der Waals surface area contributed by atoms with Crippen molar-refractivity contribution in [1.82, 2.24) is 9.97 Å². The molecule has 2 aromatic rings. The van der Waals surface area contributed by atoms with Gasteiger partial charge in [0.1, 0.15) is 0 Å². The molecule has 0 fully saturated rings.